The van der Waals surface area contributed by atoms with Crippen LogP contribution in [0.1, 0.15) is 105 Å². The number of carbonyl (C=O) groups is 2. The van der Waals surface area contributed by atoms with E-state index in [9.17, 15) is 19.8 Å². The third-order valence-electron chi connectivity index (χ3n) is 13.9. The minimum Gasteiger partial charge on any atom is -0.481 e. The number of ether oxygens (including phenoxy) is 2. The molecule has 0 atom stereocenters. The standard InChI is InChI=1S/C26H32N2O3.C26H28N2O3.CH4/c2*1-18(2)31-23-8-6-20(14-27-23)4-3-19-5-7-21-12-25(13-22(21)11-19)15-28(16-25)17-26(9-10-26)24(29)30;/h5-8,11,14,18H,3-4,9-10,12-13,15-17H2,1-2H3,(H,29,30);5-8,11,14,18H,9-10,12-13,15-17H2,1-2H3,(H,29,30);1H4. The monoisotopic (exact) mass is 852 g/mol. The zero-order valence-electron chi connectivity index (χ0n) is 36.7. The normalized spacial score (nSPS) is 19.9. The van der Waals surface area contributed by atoms with Crippen LogP contribution in [-0.4, -0.2) is 93.4 Å². The molecule has 2 saturated heterocycles. The largest absolute Gasteiger partial charge is 0.481 e. The van der Waals surface area contributed by atoms with Gasteiger partial charge in [0.15, 0.2) is 0 Å². The van der Waals surface area contributed by atoms with Crippen LogP contribution in [-0.2, 0) is 48.1 Å². The maximum absolute atomic E-state index is 11.5. The molecule has 10 nitrogen and oxygen atoms in total. The second-order valence-electron chi connectivity index (χ2n) is 20.2. The number of aromatic nitrogens is 2. The van der Waals surface area contributed by atoms with E-state index in [2.05, 4.69) is 74.1 Å². The Hall–Kier alpha value is -5.24. The Bertz CT molecular complexity index is 2380. The maximum Gasteiger partial charge on any atom is 0.310 e. The Balaban J connectivity index is 0.000000170. The quantitative estimate of drug-likeness (QED) is 0.128. The highest BCUT2D eigenvalue weighted by molar-refractivity contribution is 5.78. The number of pyridine rings is 2. The minimum atomic E-state index is -0.622. The van der Waals surface area contributed by atoms with Gasteiger partial charge in [0.25, 0.3) is 0 Å². The predicted molar refractivity (Wildman–Crippen MR) is 244 cm³/mol. The van der Waals surface area contributed by atoms with Gasteiger partial charge in [-0.25, -0.2) is 9.97 Å². The van der Waals surface area contributed by atoms with Gasteiger partial charge in [0, 0.05) is 85.8 Å². The molecule has 2 aromatic heterocycles. The highest BCUT2D eigenvalue weighted by atomic mass is 16.5. The van der Waals surface area contributed by atoms with Gasteiger partial charge in [0.1, 0.15) is 0 Å². The number of rotatable bonds is 13. The first kappa shape index (κ1) is 44.4. The van der Waals surface area contributed by atoms with Crippen LogP contribution >= 0.6 is 0 Å². The summed E-state index contributed by atoms with van der Waals surface area (Å²) in [6, 6.07) is 21.4. The van der Waals surface area contributed by atoms with Gasteiger partial charge in [-0.1, -0.05) is 49.6 Å². The number of aryl methyl sites for hydroxylation is 2. The molecule has 0 amide bonds. The molecule has 63 heavy (non-hydrogen) atoms. The summed E-state index contributed by atoms with van der Waals surface area (Å²) < 4.78 is 11.2. The third-order valence-corrected chi connectivity index (χ3v) is 13.9. The minimum absolute atomic E-state index is 0. The SMILES string of the molecule is C.CC(C)Oc1ccc(C#Cc2ccc3c(c2)CC2(C3)CN(CC3(C(=O)O)CC3)C2)cn1.CC(C)Oc1ccc(CCc2ccc3c(c2)CC2(C3)CN(CC3(C(=O)O)CC3)C2)cn1. The van der Waals surface area contributed by atoms with E-state index in [1.54, 1.807) is 6.20 Å². The van der Waals surface area contributed by atoms with E-state index in [1.807, 2.05) is 52.1 Å². The Morgan fingerprint density at radius 3 is 1.52 bits per heavy atom. The molecule has 6 aliphatic rings. The van der Waals surface area contributed by atoms with Gasteiger partial charge >= 0.3 is 11.9 Å². The maximum atomic E-state index is 11.5. The Morgan fingerprint density at radius 2 is 1.05 bits per heavy atom. The van der Waals surface area contributed by atoms with E-state index in [0.717, 1.165) is 108 Å². The van der Waals surface area contributed by atoms with Gasteiger partial charge in [-0.05, 0) is 143 Å². The zero-order chi connectivity index (χ0) is 43.3. The summed E-state index contributed by atoms with van der Waals surface area (Å²) in [7, 11) is 0. The van der Waals surface area contributed by atoms with Crippen molar-refractivity contribution >= 4 is 11.9 Å². The molecule has 2 spiro atoms. The number of carboxylic acids is 2. The van der Waals surface area contributed by atoms with Gasteiger partial charge in [-0.15, -0.1) is 0 Å². The van der Waals surface area contributed by atoms with Crippen LogP contribution in [0.2, 0.25) is 0 Å². The number of benzene rings is 2. The van der Waals surface area contributed by atoms with Crippen molar-refractivity contribution < 1.29 is 29.3 Å². The number of likely N-dealkylation sites (tertiary alicyclic amines) is 2. The van der Waals surface area contributed by atoms with Crippen molar-refractivity contribution in [2.75, 3.05) is 39.3 Å². The summed E-state index contributed by atoms with van der Waals surface area (Å²) in [5, 5.41) is 18.9. The van der Waals surface area contributed by atoms with Crippen LogP contribution in [0, 0.1) is 33.5 Å². The second-order valence-corrected chi connectivity index (χ2v) is 20.2. The highest BCUT2D eigenvalue weighted by Gasteiger charge is 2.56. The second kappa shape index (κ2) is 17.4. The first-order chi connectivity index (χ1) is 29.7. The van der Waals surface area contributed by atoms with Gasteiger partial charge in [-0.3, -0.25) is 9.59 Å². The number of nitrogens with zero attached hydrogens (tertiary/aromatic N) is 4. The number of fused-ring (bicyclic) bond motifs is 2. The van der Waals surface area contributed by atoms with Gasteiger partial charge in [0.05, 0.1) is 23.0 Å². The van der Waals surface area contributed by atoms with Gasteiger partial charge < -0.3 is 29.5 Å². The fourth-order valence-corrected chi connectivity index (χ4v) is 10.5. The fraction of sp³-hybridized carbons (Fsp3) is 0.509. The lowest BCUT2D eigenvalue weighted by molar-refractivity contribution is -0.146. The summed E-state index contributed by atoms with van der Waals surface area (Å²) >= 11 is 0. The van der Waals surface area contributed by atoms with Crippen molar-refractivity contribution in [3.8, 4) is 23.6 Å². The smallest absolute Gasteiger partial charge is 0.310 e. The number of hydrogen-bond donors (Lipinski definition) is 2. The van der Waals surface area contributed by atoms with Crippen molar-refractivity contribution in [3.63, 3.8) is 0 Å². The molecule has 0 unspecified atom stereocenters. The molecular formula is C53H64N4O6. The third kappa shape index (κ3) is 9.95. The van der Waals surface area contributed by atoms with Crippen molar-refractivity contribution in [2.45, 2.75) is 112 Å². The average molecular weight is 853 g/mol. The van der Waals surface area contributed by atoms with E-state index >= 15 is 0 Å². The molecule has 0 radical (unpaired) electrons. The van der Waals surface area contributed by atoms with Crippen LogP contribution < -0.4 is 9.47 Å². The van der Waals surface area contributed by atoms with Crippen LogP contribution in [0.25, 0.3) is 0 Å². The van der Waals surface area contributed by atoms with Crippen molar-refractivity contribution in [1.29, 1.82) is 0 Å². The van der Waals surface area contributed by atoms with E-state index in [4.69, 9.17) is 9.47 Å². The van der Waals surface area contributed by atoms with Gasteiger partial charge in [0.2, 0.25) is 11.8 Å². The number of aliphatic carboxylic acids is 2. The van der Waals surface area contributed by atoms with E-state index < -0.39 is 22.8 Å². The van der Waals surface area contributed by atoms with Crippen molar-refractivity contribution in [2.24, 2.45) is 21.7 Å². The summed E-state index contributed by atoms with van der Waals surface area (Å²) in [6.07, 6.45) is 13.7. The van der Waals surface area contributed by atoms with Crippen LogP contribution in [0.4, 0.5) is 0 Å². The Labute approximate surface area is 373 Å². The number of carboxylic acid groups (broad SMARTS) is 2. The zero-order valence-corrected chi connectivity index (χ0v) is 36.7. The van der Waals surface area contributed by atoms with Crippen LogP contribution in [0.15, 0.2) is 73.1 Å². The molecule has 2 aromatic carbocycles. The Morgan fingerprint density at radius 1 is 0.603 bits per heavy atom. The molecule has 2 saturated carbocycles. The molecule has 0 bridgehead atoms. The lowest BCUT2D eigenvalue weighted by atomic mass is 9.76. The average Bonchev–Trinajstić information content (AvgIpc) is 4.10. The Kier molecular flexibility index (Phi) is 12.2. The van der Waals surface area contributed by atoms with E-state index in [-0.39, 0.29) is 19.6 Å². The molecule has 10 heteroatoms. The molecule has 2 aliphatic heterocycles. The van der Waals surface area contributed by atoms with E-state index in [0.29, 0.717) is 29.1 Å². The first-order valence-electron chi connectivity index (χ1n) is 22.6. The number of hydrogen-bond acceptors (Lipinski definition) is 8. The molecule has 2 N–H and O–H groups in total. The van der Waals surface area contributed by atoms with Gasteiger partial charge in [-0.2, -0.15) is 0 Å². The molecule has 4 aromatic rings. The highest BCUT2D eigenvalue weighted by Crippen LogP contribution is 2.52. The summed E-state index contributed by atoms with van der Waals surface area (Å²) in [6.45, 7) is 13.5. The molecule has 4 fully saturated rings. The molecule has 332 valence electrons. The molecule has 10 rings (SSSR count). The van der Waals surface area contributed by atoms with Crippen LogP contribution in [0.5, 0.6) is 11.8 Å². The predicted octanol–water partition coefficient (Wildman–Crippen LogP) is 8.09. The topological polar surface area (TPSA) is 125 Å². The van der Waals surface area contributed by atoms with E-state index in [1.165, 1.54) is 33.4 Å². The van der Waals surface area contributed by atoms with Crippen LogP contribution in [0.3, 0.4) is 0 Å². The lowest BCUT2D eigenvalue weighted by Gasteiger charge is -2.49. The lowest BCUT2D eigenvalue weighted by Crippen LogP contribution is -2.58. The van der Waals surface area contributed by atoms with Crippen molar-refractivity contribution in [3.05, 3.63) is 118 Å². The first-order valence-corrected chi connectivity index (χ1v) is 22.6. The molecular weight excluding hydrogens is 789 g/mol. The molecule has 4 heterocycles. The molecule has 4 aliphatic carbocycles. The summed E-state index contributed by atoms with van der Waals surface area (Å²) in [4.78, 5) is 36.4. The summed E-state index contributed by atoms with van der Waals surface area (Å²) in [5.41, 5.74) is 10.0. The fourth-order valence-electron chi connectivity index (χ4n) is 10.5. The van der Waals surface area contributed by atoms with Crippen molar-refractivity contribution in [1.82, 2.24) is 19.8 Å². The summed E-state index contributed by atoms with van der Waals surface area (Å²) in [5.74, 6) is 6.55.